The third-order valence-electron chi connectivity index (χ3n) is 5.18. The number of halogens is 2. The number of likely N-dealkylation sites (tertiary alicyclic amines) is 1. The topological polar surface area (TPSA) is 84.0 Å². The number of nitrogens with zero attached hydrogens (tertiary/aromatic N) is 2. The molecule has 2 aliphatic rings. The van der Waals surface area contributed by atoms with Crippen LogP contribution in [0.25, 0.3) is 6.08 Å². The van der Waals surface area contributed by atoms with Crippen LogP contribution in [0.2, 0.25) is 5.02 Å². The zero-order valence-electron chi connectivity index (χ0n) is 17.3. The van der Waals surface area contributed by atoms with Crippen molar-refractivity contribution in [3.05, 3.63) is 68.0 Å². The molecule has 0 saturated carbocycles. The average molecular weight is 550 g/mol. The van der Waals surface area contributed by atoms with Gasteiger partial charge in [-0.05, 0) is 61.0 Å². The summed E-state index contributed by atoms with van der Waals surface area (Å²) in [5, 5.41) is -0.256. The van der Waals surface area contributed by atoms with Crippen molar-refractivity contribution in [1.29, 1.82) is 0 Å². The summed E-state index contributed by atoms with van der Waals surface area (Å²) in [7, 11) is 0. The van der Waals surface area contributed by atoms with E-state index in [0.29, 0.717) is 23.1 Å². The van der Waals surface area contributed by atoms with E-state index in [1.165, 1.54) is 6.08 Å². The van der Waals surface area contributed by atoms with Crippen LogP contribution in [0.4, 0.5) is 4.79 Å². The second-order valence-electron chi connectivity index (χ2n) is 7.41. The van der Waals surface area contributed by atoms with Crippen LogP contribution in [0.5, 0.6) is 5.75 Å². The van der Waals surface area contributed by atoms with Crippen LogP contribution in [0, 0.1) is 0 Å². The number of carbonyl (C=O) groups excluding carboxylic acids is 4. The lowest BCUT2D eigenvalue weighted by atomic mass is 10.1. The molecule has 0 spiro atoms. The van der Waals surface area contributed by atoms with E-state index in [1.54, 1.807) is 47.4 Å². The molecule has 2 aromatic rings. The minimum atomic E-state index is -0.651. The molecular weight excluding hydrogens is 532 g/mol. The molecule has 0 N–H and O–H groups in total. The van der Waals surface area contributed by atoms with Gasteiger partial charge in [0.1, 0.15) is 12.3 Å². The van der Waals surface area contributed by atoms with Crippen LogP contribution in [0.1, 0.15) is 28.8 Å². The third kappa shape index (κ3) is 5.31. The number of rotatable bonds is 5. The van der Waals surface area contributed by atoms with Crippen LogP contribution in [-0.4, -0.2) is 52.5 Å². The molecule has 2 aliphatic heterocycles. The summed E-state index contributed by atoms with van der Waals surface area (Å²) >= 11 is 10.2. The number of imide groups is 1. The first-order valence-electron chi connectivity index (χ1n) is 10.1. The standard InChI is InChI=1S/C23H18BrClN2O5S/c24-15-7-8-18(32-22(30)16-5-1-2-6-17(16)25)14(11-15)12-19-21(29)27(23(31)33-19)13-20(28)26-9-3-4-10-26/h1-2,5-8,11-12H,3-4,9-10,13H2/b19-12-. The fraction of sp³-hybridized carbons (Fsp3) is 0.217. The number of carbonyl (C=O) groups is 4. The first kappa shape index (κ1) is 23.5. The van der Waals surface area contributed by atoms with Gasteiger partial charge in [0, 0.05) is 23.1 Å². The first-order valence-corrected chi connectivity index (χ1v) is 12.1. The summed E-state index contributed by atoms with van der Waals surface area (Å²) < 4.78 is 6.22. The zero-order valence-corrected chi connectivity index (χ0v) is 20.4. The van der Waals surface area contributed by atoms with Crippen molar-refractivity contribution in [2.24, 2.45) is 0 Å². The van der Waals surface area contributed by atoms with Crippen molar-refractivity contribution in [3.63, 3.8) is 0 Å². The highest BCUT2D eigenvalue weighted by molar-refractivity contribution is 9.10. The Labute approximate surface area is 207 Å². The molecule has 7 nitrogen and oxygen atoms in total. The highest BCUT2D eigenvalue weighted by Gasteiger charge is 2.37. The van der Waals surface area contributed by atoms with Crippen molar-refractivity contribution >= 4 is 68.4 Å². The smallest absolute Gasteiger partial charge is 0.345 e. The highest BCUT2D eigenvalue weighted by Crippen LogP contribution is 2.35. The molecule has 0 aromatic heterocycles. The normalized spacial score (nSPS) is 17.2. The van der Waals surface area contributed by atoms with Gasteiger partial charge in [0.2, 0.25) is 5.91 Å². The van der Waals surface area contributed by atoms with Crippen LogP contribution in [0.3, 0.4) is 0 Å². The van der Waals surface area contributed by atoms with Crippen LogP contribution in [0.15, 0.2) is 51.8 Å². The van der Waals surface area contributed by atoms with E-state index in [1.807, 2.05) is 0 Å². The van der Waals surface area contributed by atoms with Gasteiger partial charge in [0.25, 0.3) is 11.1 Å². The van der Waals surface area contributed by atoms with E-state index in [9.17, 15) is 19.2 Å². The Kier molecular flexibility index (Phi) is 7.21. The van der Waals surface area contributed by atoms with E-state index in [4.69, 9.17) is 16.3 Å². The molecule has 0 bridgehead atoms. The molecule has 0 aliphatic carbocycles. The van der Waals surface area contributed by atoms with Crippen LogP contribution < -0.4 is 4.74 Å². The van der Waals surface area contributed by atoms with Crippen molar-refractivity contribution in [2.45, 2.75) is 12.8 Å². The summed E-state index contributed by atoms with van der Waals surface area (Å²) in [6.45, 7) is 1.00. The van der Waals surface area contributed by atoms with Crippen LogP contribution in [-0.2, 0) is 9.59 Å². The second-order valence-corrected chi connectivity index (χ2v) is 9.72. The summed E-state index contributed by atoms with van der Waals surface area (Å²) in [4.78, 5) is 53.1. The second kappa shape index (κ2) is 10.1. The number of thioether (sulfide) groups is 1. The molecule has 3 amide bonds. The minimum absolute atomic E-state index is 0.141. The number of hydrogen-bond donors (Lipinski definition) is 0. The van der Waals surface area contributed by atoms with Gasteiger partial charge in [-0.25, -0.2) is 4.79 Å². The van der Waals surface area contributed by atoms with Gasteiger partial charge in [-0.2, -0.15) is 0 Å². The molecule has 0 atom stereocenters. The maximum Gasteiger partial charge on any atom is 0.345 e. The Morgan fingerprint density at radius 2 is 1.85 bits per heavy atom. The van der Waals surface area contributed by atoms with Crippen LogP contribution >= 0.6 is 39.3 Å². The van der Waals surface area contributed by atoms with Crippen molar-refractivity contribution in [1.82, 2.24) is 9.80 Å². The van der Waals surface area contributed by atoms with Crippen molar-refractivity contribution < 1.29 is 23.9 Å². The molecular formula is C23H18BrClN2O5S. The molecule has 10 heteroatoms. The fourth-order valence-corrected chi connectivity index (χ4v) is 4.91. The maximum absolute atomic E-state index is 12.9. The van der Waals surface area contributed by atoms with Gasteiger partial charge in [0.15, 0.2) is 0 Å². The van der Waals surface area contributed by atoms with Gasteiger partial charge >= 0.3 is 5.97 Å². The molecule has 0 unspecified atom stereocenters. The van der Waals surface area contributed by atoms with Gasteiger partial charge in [-0.1, -0.05) is 39.7 Å². The largest absolute Gasteiger partial charge is 0.422 e. The van der Waals surface area contributed by atoms with Gasteiger partial charge in [-0.3, -0.25) is 19.3 Å². The molecule has 170 valence electrons. The number of esters is 1. The van der Waals surface area contributed by atoms with Gasteiger partial charge in [-0.15, -0.1) is 0 Å². The highest BCUT2D eigenvalue weighted by atomic mass is 79.9. The Balaban J connectivity index is 1.56. The molecule has 4 rings (SSSR count). The lowest BCUT2D eigenvalue weighted by Crippen LogP contribution is -2.40. The maximum atomic E-state index is 12.9. The van der Waals surface area contributed by atoms with Gasteiger partial charge < -0.3 is 9.64 Å². The third-order valence-corrected chi connectivity index (χ3v) is 6.91. The van der Waals surface area contributed by atoms with E-state index in [-0.39, 0.29) is 33.7 Å². The molecule has 2 fully saturated rings. The summed E-state index contributed by atoms with van der Waals surface area (Å²) in [5.74, 6) is -1.25. The quantitative estimate of drug-likeness (QED) is 0.297. The molecule has 0 radical (unpaired) electrons. The Bertz CT molecular complexity index is 1180. The average Bonchev–Trinajstić information content (AvgIpc) is 3.41. The minimum Gasteiger partial charge on any atom is -0.422 e. The lowest BCUT2D eigenvalue weighted by molar-refractivity contribution is -0.135. The molecule has 2 saturated heterocycles. The zero-order chi connectivity index (χ0) is 23.5. The number of amides is 3. The first-order chi connectivity index (χ1) is 15.8. The predicted molar refractivity (Wildman–Crippen MR) is 129 cm³/mol. The summed E-state index contributed by atoms with van der Waals surface area (Å²) in [6.07, 6.45) is 3.32. The van der Waals surface area contributed by atoms with E-state index < -0.39 is 17.1 Å². The van der Waals surface area contributed by atoms with Gasteiger partial charge in [0.05, 0.1) is 15.5 Å². The number of benzene rings is 2. The SMILES string of the molecule is O=C(Oc1ccc(Br)cc1/C=C1\SC(=O)N(CC(=O)N2CCCC2)C1=O)c1ccccc1Cl. The molecule has 2 aromatic carbocycles. The molecule has 2 heterocycles. The van der Waals surface area contributed by atoms with E-state index >= 15 is 0 Å². The fourth-order valence-electron chi connectivity index (χ4n) is 3.49. The summed E-state index contributed by atoms with van der Waals surface area (Å²) in [6, 6.07) is 11.4. The lowest BCUT2D eigenvalue weighted by Gasteiger charge is -2.18. The number of hydrogen-bond acceptors (Lipinski definition) is 6. The number of ether oxygens (including phenoxy) is 1. The van der Waals surface area contributed by atoms with E-state index in [0.717, 1.165) is 29.5 Å². The molecule has 33 heavy (non-hydrogen) atoms. The predicted octanol–water partition coefficient (Wildman–Crippen LogP) is 4.98. The van der Waals surface area contributed by atoms with Crippen molar-refractivity contribution in [3.8, 4) is 5.75 Å². The Morgan fingerprint density at radius 3 is 2.58 bits per heavy atom. The van der Waals surface area contributed by atoms with E-state index in [2.05, 4.69) is 15.9 Å². The Morgan fingerprint density at radius 1 is 1.12 bits per heavy atom. The Hall–Kier alpha value is -2.62. The monoisotopic (exact) mass is 548 g/mol. The van der Waals surface area contributed by atoms with Crippen molar-refractivity contribution in [2.75, 3.05) is 19.6 Å². The summed E-state index contributed by atoms with van der Waals surface area (Å²) in [5.41, 5.74) is 0.620.